The highest BCUT2D eigenvalue weighted by Gasteiger charge is 2.14. The molecule has 1 N–H and O–H groups in total. The number of hydrogen-bond donors (Lipinski definition) is 1. The van der Waals surface area contributed by atoms with Crippen molar-refractivity contribution in [2.75, 3.05) is 6.26 Å². The third-order valence-corrected chi connectivity index (χ3v) is 3.39. The van der Waals surface area contributed by atoms with Crippen molar-refractivity contribution in [1.29, 1.82) is 0 Å². The lowest BCUT2D eigenvalue weighted by Crippen LogP contribution is -2.29. The minimum Gasteiger partial charge on any atom is -0.454 e. The summed E-state index contributed by atoms with van der Waals surface area (Å²) in [5.74, 6) is -2.16. The lowest BCUT2D eigenvalue weighted by molar-refractivity contribution is 0.0981. The first-order chi connectivity index (χ1) is 10.7. The zero-order valence-electron chi connectivity index (χ0n) is 12.3. The van der Waals surface area contributed by atoms with Crippen LogP contribution in [-0.4, -0.2) is 20.6 Å². The van der Waals surface area contributed by atoms with Gasteiger partial charge in [0.2, 0.25) is 10.0 Å². The van der Waals surface area contributed by atoms with E-state index in [1.165, 1.54) is 37.3 Å². The minimum absolute atomic E-state index is 0.171. The molecule has 122 valence electrons. The number of hydrogen-bond acceptors (Lipinski definition) is 4. The quantitative estimate of drug-likeness (QED) is 0.928. The van der Waals surface area contributed by atoms with E-state index < -0.39 is 27.6 Å². The Bertz CT molecular complexity index is 866. The van der Waals surface area contributed by atoms with Gasteiger partial charge in [0.05, 0.1) is 6.26 Å². The average Bonchev–Trinajstić information content (AvgIpc) is 2.43. The highest BCUT2D eigenvalue weighted by molar-refractivity contribution is 7.89. The summed E-state index contributed by atoms with van der Waals surface area (Å²) in [6, 6.07) is 7.19. The molecule has 0 aromatic heterocycles. The van der Waals surface area contributed by atoms with Gasteiger partial charge in [-0.3, -0.25) is 4.79 Å². The molecule has 0 atom stereocenters. The van der Waals surface area contributed by atoms with E-state index in [9.17, 15) is 22.0 Å². The maximum absolute atomic E-state index is 14.0. The lowest BCUT2D eigenvalue weighted by Gasteiger charge is -2.09. The smallest absolute Gasteiger partial charge is 0.264 e. The fourth-order valence-corrected chi connectivity index (χ4v) is 2.21. The molecule has 0 unspecified atom stereocenters. The van der Waals surface area contributed by atoms with Gasteiger partial charge in [0, 0.05) is 5.56 Å². The van der Waals surface area contributed by atoms with Crippen LogP contribution in [0.3, 0.4) is 0 Å². The van der Waals surface area contributed by atoms with E-state index in [0.717, 1.165) is 12.3 Å². The van der Waals surface area contributed by atoms with Crippen LogP contribution in [0.15, 0.2) is 36.4 Å². The molecule has 2 aromatic rings. The molecule has 0 heterocycles. The zero-order valence-corrected chi connectivity index (χ0v) is 13.1. The van der Waals surface area contributed by atoms with E-state index in [0.29, 0.717) is 5.56 Å². The number of rotatable bonds is 4. The van der Waals surface area contributed by atoms with E-state index in [2.05, 4.69) is 0 Å². The zero-order chi connectivity index (χ0) is 17.2. The Morgan fingerprint density at radius 1 is 1.09 bits per heavy atom. The van der Waals surface area contributed by atoms with Gasteiger partial charge in [-0.25, -0.2) is 21.9 Å². The third-order valence-electron chi connectivity index (χ3n) is 2.83. The van der Waals surface area contributed by atoms with Crippen LogP contribution in [0.2, 0.25) is 0 Å². The highest BCUT2D eigenvalue weighted by atomic mass is 32.2. The second-order valence-electron chi connectivity index (χ2n) is 4.86. The van der Waals surface area contributed by atoms with Crippen molar-refractivity contribution in [2.24, 2.45) is 0 Å². The first kappa shape index (κ1) is 16.9. The first-order valence-corrected chi connectivity index (χ1v) is 8.30. The Morgan fingerprint density at radius 3 is 2.35 bits per heavy atom. The largest absolute Gasteiger partial charge is 0.454 e. The summed E-state index contributed by atoms with van der Waals surface area (Å²) in [4.78, 5) is 11.6. The molecule has 0 aliphatic heterocycles. The number of halogens is 2. The lowest BCUT2D eigenvalue weighted by atomic mass is 10.2. The topological polar surface area (TPSA) is 72.5 Å². The fraction of sp³-hybridized carbons (Fsp3) is 0.133. The van der Waals surface area contributed by atoms with Crippen LogP contribution in [0.25, 0.3) is 0 Å². The first-order valence-electron chi connectivity index (χ1n) is 6.41. The van der Waals surface area contributed by atoms with Crippen molar-refractivity contribution in [1.82, 2.24) is 4.72 Å². The van der Waals surface area contributed by atoms with Crippen LogP contribution in [-0.2, 0) is 10.0 Å². The van der Waals surface area contributed by atoms with E-state index in [1.807, 2.05) is 0 Å². The molecule has 0 fully saturated rings. The molecule has 0 saturated heterocycles. The Labute approximate surface area is 132 Å². The van der Waals surface area contributed by atoms with E-state index in [1.54, 1.807) is 4.72 Å². The highest BCUT2D eigenvalue weighted by Crippen LogP contribution is 2.26. The molecular formula is C15H13F2NO4S. The van der Waals surface area contributed by atoms with E-state index >= 15 is 0 Å². The van der Waals surface area contributed by atoms with Gasteiger partial charge in [-0.05, 0) is 48.9 Å². The number of carbonyl (C=O) groups excluding carboxylic acids is 1. The monoisotopic (exact) mass is 341 g/mol. The predicted octanol–water partition coefficient (Wildman–Crippen LogP) is 2.75. The van der Waals surface area contributed by atoms with Gasteiger partial charge >= 0.3 is 0 Å². The van der Waals surface area contributed by atoms with Gasteiger partial charge in [0.1, 0.15) is 11.6 Å². The molecule has 0 saturated carbocycles. The second kappa shape index (κ2) is 6.33. The standard InChI is InChI=1S/C15H13F2NO4S/c1-9-7-11(4-5-12(9)16)22-14-6-3-10(8-13(14)17)15(19)18-23(2,20)21/h3-8H,1-2H3,(H,18,19). The number of carbonyl (C=O) groups is 1. The summed E-state index contributed by atoms with van der Waals surface area (Å²) in [5, 5.41) is 0. The number of nitrogens with one attached hydrogen (secondary N) is 1. The molecule has 0 aliphatic carbocycles. The second-order valence-corrected chi connectivity index (χ2v) is 6.61. The average molecular weight is 341 g/mol. The van der Waals surface area contributed by atoms with Crippen LogP contribution >= 0.6 is 0 Å². The molecule has 5 nitrogen and oxygen atoms in total. The van der Waals surface area contributed by atoms with Crippen molar-refractivity contribution < 1.29 is 26.7 Å². The van der Waals surface area contributed by atoms with Crippen LogP contribution in [0.1, 0.15) is 15.9 Å². The van der Waals surface area contributed by atoms with E-state index in [-0.39, 0.29) is 17.1 Å². The van der Waals surface area contributed by atoms with Gasteiger partial charge in [-0.1, -0.05) is 0 Å². The number of aryl methyl sites for hydroxylation is 1. The summed E-state index contributed by atoms with van der Waals surface area (Å²) >= 11 is 0. The molecule has 2 rings (SSSR count). The van der Waals surface area contributed by atoms with Gasteiger partial charge < -0.3 is 4.74 Å². The Kier molecular flexibility index (Phi) is 4.65. The molecule has 0 radical (unpaired) electrons. The molecule has 2 aromatic carbocycles. The Balaban J connectivity index is 2.22. The van der Waals surface area contributed by atoms with Crippen molar-refractivity contribution in [3.63, 3.8) is 0 Å². The maximum Gasteiger partial charge on any atom is 0.264 e. The summed E-state index contributed by atoms with van der Waals surface area (Å²) in [6.07, 6.45) is 0.815. The normalized spacial score (nSPS) is 11.1. The van der Waals surface area contributed by atoms with Crippen LogP contribution in [0.5, 0.6) is 11.5 Å². The molecule has 0 spiro atoms. The molecule has 0 aliphatic rings. The van der Waals surface area contributed by atoms with Gasteiger partial charge in [-0.15, -0.1) is 0 Å². The molecule has 23 heavy (non-hydrogen) atoms. The van der Waals surface area contributed by atoms with E-state index in [4.69, 9.17) is 4.74 Å². The number of sulfonamides is 1. The van der Waals surface area contributed by atoms with Crippen LogP contribution in [0, 0.1) is 18.6 Å². The van der Waals surface area contributed by atoms with Crippen molar-refractivity contribution >= 4 is 15.9 Å². The minimum atomic E-state index is -3.74. The Hall–Kier alpha value is -2.48. The summed E-state index contributed by atoms with van der Waals surface area (Å²) in [6.45, 7) is 1.54. The number of benzene rings is 2. The predicted molar refractivity (Wildman–Crippen MR) is 79.9 cm³/mol. The maximum atomic E-state index is 14.0. The van der Waals surface area contributed by atoms with Crippen LogP contribution in [0.4, 0.5) is 8.78 Å². The molecule has 0 bridgehead atoms. The summed E-state index contributed by atoms with van der Waals surface area (Å²) in [5.41, 5.74) is 0.169. The fourth-order valence-electron chi connectivity index (χ4n) is 1.76. The van der Waals surface area contributed by atoms with Gasteiger partial charge in [0.15, 0.2) is 11.6 Å². The molecular weight excluding hydrogens is 328 g/mol. The van der Waals surface area contributed by atoms with Crippen molar-refractivity contribution in [2.45, 2.75) is 6.92 Å². The number of amides is 1. The number of ether oxygens (including phenoxy) is 1. The van der Waals surface area contributed by atoms with Crippen LogP contribution < -0.4 is 9.46 Å². The SMILES string of the molecule is Cc1cc(Oc2ccc(C(=O)NS(C)(=O)=O)cc2F)ccc1F. The molecule has 8 heteroatoms. The van der Waals surface area contributed by atoms with Gasteiger partial charge in [-0.2, -0.15) is 0 Å². The third kappa shape index (κ3) is 4.49. The van der Waals surface area contributed by atoms with Crippen molar-refractivity contribution in [3.8, 4) is 11.5 Å². The Morgan fingerprint density at radius 2 is 1.78 bits per heavy atom. The van der Waals surface area contributed by atoms with Crippen molar-refractivity contribution in [3.05, 3.63) is 59.2 Å². The summed E-state index contributed by atoms with van der Waals surface area (Å²) in [7, 11) is -3.74. The van der Waals surface area contributed by atoms with Gasteiger partial charge in [0.25, 0.3) is 5.91 Å². The molecule has 1 amide bonds. The summed E-state index contributed by atoms with van der Waals surface area (Å²) < 4.78 is 56.1.